The van der Waals surface area contributed by atoms with Gasteiger partial charge in [0.1, 0.15) is 31.0 Å². The predicted molar refractivity (Wildman–Crippen MR) is 254 cm³/mol. The summed E-state index contributed by atoms with van der Waals surface area (Å²) in [6, 6.07) is 54.0. The first-order chi connectivity index (χ1) is 32.9. The van der Waals surface area contributed by atoms with Crippen LogP contribution in [0.1, 0.15) is 46.2 Å². The van der Waals surface area contributed by atoms with Crippen LogP contribution in [-0.4, -0.2) is 74.7 Å². The van der Waals surface area contributed by atoms with Gasteiger partial charge in [0.05, 0.1) is 46.2 Å². The van der Waals surface area contributed by atoms with Crippen molar-refractivity contribution in [2.75, 3.05) is 20.3 Å². The summed E-state index contributed by atoms with van der Waals surface area (Å²) >= 11 is 0. The van der Waals surface area contributed by atoms with E-state index in [1.54, 1.807) is 6.92 Å². The average molecular weight is 904 g/mol. The van der Waals surface area contributed by atoms with Crippen LogP contribution in [0.15, 0.2) is 183 Å². The van der Waals surface area contributed by atoms with Crippen molar-refractivity contribution in [1.82, 2.24) is 5.32 Å². The van der Waals surface area contributed by atoms with Crippen molar-refractivity contribution in [1.29, 1.82) is 0 Å². The van der Waals surface area contributed by atoms with Crippen molar-refractivity contribution in [2.45, 2.75) is 81.6 Å². The third kappa shape index (κ3) is 11.6. The zero-order valence-corrected chi connectivity index (χ0v) is 37.8. The van der Waals surface area contributed by atoms with Crippen molar-refractivity contribution in [2.24, 2.45) is 0 Å². The third-order valence-electron chi connectivity index (χ3n) is 12.2. The SMILES string of the molecule is C=C[C@]1(OC(C)[C@H](NC(=O)OCC2c3ccccc3-c3ccccc32)C(=O)OC)OC(COCc2ccccc2)[C@H](OCc2ccccc2)[C@H](OCc2ccccc2)C1OCc1ccccc1. The second-order valence-electron chi connectivity index (χ2n) is 16.6. The van der Waals surface area contributed by atoms with Crippen LogP contribution >= 0.6 is 0 Å². The third-order valence-corrected chi connectivity index (χ3v) is 12.2. The molecule has 8 rings (SSSR count). The Labute approximate surface area is 392 Å². The number of hydrogen-bond acceptors (Lipinski definition) is 10. The molecule has 1 aliphatic carbocycles. The van der Waals surface area contributed by atoms with Gasteiger partial charge >= 0.3 is 12.1 Å². The Morgan fingerprint density at radius 3 is 1.60 bits per heavy atom. The van der Waals surface area contributed by atoms with Crippen LogP contribution in [0, 0.1) is 0 Å². The first-order valence-electron chi connectivity index (χ1n) is 22.6. The number of ether oxygens (including phenoxy) is 8. The Balaban J connectivity index is 1.10. The van der Waals surface area contributed by atoms with Crippen LogP contribution in [0.4, 0.5) is 4.79 Å². The second kappa shape index (κ2) is 22.8. The van der Waals surface area contributed by atoms with Gasteiger partial charge in [0, 0.05) is 5.92 Å². The molecule has 6 aromatic carbocycles. The number of rotatable bonds is 21. The molecule has 0 spiro atoms. The van der Waals surface area contributed by atoms with E-state index in [9.17, 15) is 9.59 Å². The Hall–Kier alpha value is -6.44. The van der Waals surface area contributed by atoms with Gasteiger partial charge in [0.15, 0.2) is 6.04 Å². The summed E-state index contributed by atoms with van der Waals surface area (Å²) in [7, 11) is 1.25. The summed E-state index contributed by atoms with van der Waals surface area (Å²) in [6.07, 6.45) is -3.97. The van der Waals surface area contributed by atoms with Gasteiger partial charge in [-0.1, -0.05) is 176 Å². The van der Waals surface area contributed by atoms with Gasteiger partial charge < -0.3 is 43.2 Å². The van der Waals surface area contributed by atoms with Crippen molar-refractivity contribution >= 4 is 12.1 Å². The molecule has 1 fully saturated rings. The predicted octanol–water partition coefficient (Wildman–Crippen LogP) is 9.73. The summed E-state index contributed by atoms with van der Waals surface area (Å²) in [5.74, 6) is -2.78. The van der Waals surface area contributed by atoms with Crippen molar-refractivity contribution in [3.8, 4) is 11.1 Å². The summed E-state index contributed by atoms with van der Waals surface area (Å²) in [6.45, 7) is 6.83. The molecule has 0 bridgehead atoms. The minimum atomic E-state index is -1.82. The molecule has 11 nitrogen and oxygen atoms in total. The number of amides is 1. The van der Waals surface area contributed by atoms with E-state index in [2.05, 4.69) is 24.0 Å². The molecule has 1 saturated heterocycles. The summed E-state index contributed by atoms with van der Waals surface area (Å²) in [4.78, 5) is 27.5. The molecule has 0 aromatic heterocycles. The highest BCUT2D eigenvalue weighted by molar-refractivity contribution is 5.82. The maximum Gasteiger partial charge on any atom is 0.407 e. The molecule has 1 heterocycles. The molecule has 0 saturated carbocycles. The van der Waals surface area contributed by atoms with E-state index in [0.717, 1.165) is 44.5 Å². The number of carbonyl (C=O) groups excluding carboxylic acids is 2. The van der Waals surface area contributed by atoms with Crippen molar-refractivity contribution in [3.63, 3.8) is 0 Å². The molecular formula is C56H57NO10. The second-order valence-corrected chi connectivity index (χ2v) is 16.6. The number of methoxy groups -OCH3 is 1. The minimum Gasteiger partial charge on any atom is -0.467 e. The Morgan fingerprint density at radius 2 is 1.09 bits per heavy atom. The van der Waals surface area contributed by atoms with E-state index in [1.165, 1.54) is 13.2 Å². The zero-order chi connectivity index (χ0) is 46.4. The highest BCUT2D eigenvalue weighted by Crippen LogP contribution is 2.45. The fourth-order valence-corrected chi connectivity index (χ4v) is 8.80. The normalized spacial score (nSPS) is 20.7. The quantitative estimate of drug-likeness (QED) is 0.0553. The zero-order valence-electron chi connectivity index (χ0n) is 37.8. The standard InChI is InChI=1S/C56H57NO10/c1-4-56(66-39(2)50(54(58)60-3)57-55(59)65-37-48-46-31-19-17-29-44(46)45-30-18-20-32-47(45)48)53(64-36-43-27-15-8-16-28-43)52(63-35-42-25-13-7-14-26-42)51(62-34-41-23-11-6-12-24-41)49(67-56)38-61-33-40-21-9-5-10-22-40/h4-32,39,48-53H,1,33-38H2,2-3H3,(H,57,59)/t39?,49?,50-,51-,52-,53?,56-/m0/s1. The molecule has 1 amide bonds. The van der Waals surface area contributed by atoms with E-state index in [0.29, 0.717) is 6.61 Å². The Morgan fingerprint density at radius 1 is 0.627 bits per heavy atom. The summed E-state index contributed by atoms with van der Waals surface area (Å²) in [5, 5.41) is 2.74. The van der Waals surface area contributed by atoms with E-state index in [1.807, 2.05) is 158 Å². The molecule has 1 N–H and O–H groups in total. The molecule has 7 atom stereocenters. The Bertz CT molecular complexity index is 2460. The number of nitrogens with one attached hydrogen (secondary N) is 1. The topological polar surface area (TPSA) is 120 Å². The lowest BCUT2D eigenvalue weighted by molar-refractivity contribution is -0.372. The van der Waals surface area contributed by atoms with Gasteiger partial charge in [-0.25, -0.2) is 9.59 Å². The summed E-state index contributed by atoms with van der Waals surface area (Å²) in [5.41, 5.74) is 8.02. The monoisotopic (exact) mass is 903 g/mol. The molecule has 2 aliphatic rings. The first-order valence-corrected chi connectivity index (χ1v) is 22.6. The molecule has 0 radical (unpaired) electrons. The maximum atomic E-state index is 13.8. The molecule has 67 heavy (non-hydrogen) atoms. The number of fused-ring (bicyclic) bond motifs is 3. The van der Waals surface area contributed by atoms with Gasteiger partial charge in [-0.05, 0) is 57.5 Å². The van der Waals surface area contributed by atoms with E-state index < -0.39 is 54.4 Å². The van der Waals surface area contributed by atoms with Gasteiger partial charge in [-0.15, -0.1) is 0 Å². The van der Waals surface area contributed by atoms with Gasteiger partial charge in [0.25, 0.3) is 0 Å². The maximum absolute atomic E-state index is 13.8. The molecule has 11 heteroatoms. The molecule has 3 unspecified atom stereocenters. The highest BCUT2D eigenvalue weighted by Gasteiger charge is 2.58. The number of benzene rings is 6. The van der Waals surface area contributed by atoms with E-state index in [4.69, 9.17) is 37.9 Å². The molecular weight excluding hydrogens is 847 g/mol. The summed E-state index contributed by atoms with van der Waals surface area (Å²) < 4.78 is 52.2. The first kappa shape index (κ1) is 47.1. The smallest absolute Gasteiger partial charge is 0.407 e. The lowest BCUT2D eigenvalue weighted by atomic mass is 9.90. The van der Waals surface area contributed by atoms with Crippen LogP contribution < -0.4 is 5.32 Å². The average Bonchev–Trinajstić information content (AvgIpc) is 3.70. The van der Waals surface area contributed by atoms with E-state index >= 15 is 0 Å². The highest BCUT2D eigenvalue weighted by atomic mass is 16.7. The van der Waals surface area contributed by atoms with Crippen molar-refractivity contribution in [3.05, 3.63) is 216 Å². The minimum absolute atomic E-state index is 0.0353. The fourth-order valence-electron chi connectivity index (χ4n) is 8.80. The van der Waals surface area contributed by atoms with Crippen molar-refractivity contribution < 1.29 is 47.5 Å². The largest absolute Gasteiger partial charge is 0.467 e. The van der Waals surface area contributed by atoms with Crippen LogP contribution in [0.2, 0.25) is 0 Å². The van der Waals surface area contributed by atoms with Gasteiger partial charge in [0.2, 0.25) is 5.79 Å². The number of hydrogen-bond donors (Lipinski definition) is 1. The molecule has 1 aliphatic heterocycles. The number of alkyl carbamates (subject to hydrolysis) is 1. The number of carbonyl (C=O) groups is 2. The van der Waals surface area contributed by atoms with Gasteiger partial charge in [-0.2, -0.15) is 0 Å². The van der Waals surface area contributed by atoms with Crippen LogP contribution in [-0.2, 0) is 69.1 Å². The number of esters is 1. The lowest BCUT2D eigenvalue weighted by Crippen LogP contribution is -2.68. The van der Waals surface area contributed by atoms with Crippen LogP contribution in [0.25, 0.3) is 11.1 Å². The molecule has 346 valence electrons. The Kier molecular flexibility index (Phi) is 16.0. The lowest BCUT2D eigenvalue weighted by Gasteiger charge is -2.52. The van der Waals surface area contributed by atoms with Gasteiger partial charge in [-0.3, -0.25) is 0 Å². The van der Waals surface area contributed by atoms with E-state index in [-0.39, 0.29) is 39.0 Å². The molecule has 6 aromatic rings. The fraction of sp³-hybridized carbons (Fsp3) is 0.286. The van der Waals surface area contributed by atoms with Crippen LogP contribution in [0.3, 0.4) is 0 Å². The van der Waals surface area contributed by atoms with Crippen LogP contribution in [0.5, 0.6) is 0 Å².